The van der Waals surface area contributed by atoms with Gasteiger partial charge in [0, 0.05) is 6.07 Å². The fourth-order valence-electron chi connectivity index (χ4n) is 3.43. The highest BCUT2D eigenvalue weighted by atomic mass is 32.2. The molecule has 0 fully saturated rings. The first kappa shape index (κ1) is 19.0. The summed E-state index contributed by atoms with van der Waals surface area (Å²) in [5, 5.41) is 8.95. The van der Waals surface area contributed by atoms with Gasteiger partial charge in [-0.05, 0) is 35.9 Å². The molecule has 0 radical (unpaired) electrons. The topological polar surface area (TPSA) is 95.9 Å². The Kier molecular flexibility index (Phi) is 4.96. The van der Waals surface area contributed by atoms with Gasteiger partial charge in [0.25, 0.3) is 10.0 Å². The Hall–Kier alpha value is -3.36. The summed E-state index contributed by atoms with van der Waals surface area (Å²) in [5.74, 6) is 0.405. The van der Waals surface area contributed by atoms with Crippen LogP contribution >= 0.6 is 0 Å². The molecule has 1 atom stereocenters. The third-order valence-corrected chi connectivity index (χ3v) is 6.56. The molecule has 1 heterocycles. The largest absolute Gasteiger partial charge is 0.457 e. The predicted octanol–water partition coefficient (Wildman–Crippen LogP) is 3.62. The molecule has 1 amide bonds. The summed E-state index contributed by atoms with van der Waals surface area (Å²) in [6.07, 6.45) is -0.226. The summed E-state index contributed by atoms with van der Waals surface area (Å²) in [5.41, 5.74) is 2.45. The Labute approximate surface area is 168 Å². The van der Waals surface area contributed by atoms with E-state index in [9.17, 15) is 13.2 Å². The molecule has 2 N–H and O–H groups in total. The van der Waals surface area contributed by atoms with Crippen LogP contribution in [0.2, 0.25) is 0 Å². The van der Waals surface area contributed by atoms with Crippen molar-refractivity contribution in [2.24, 2.45) is 0 Å². The number of para-hydroxylation sites is 1. The van der Waals surface area contributed by atoms with E-state index in [1.165, 1.54) is 10.4 Å². The van der Waals surface area contributed by atoms with E-state index in [4.69, 9.17) is 9.94 Å². The summed E-state index contributed by atoms with van der Waals surface area (Å²) in [6.45, 7) is 0. The number of sulfonamides is 1. The standard InChI is InChI=1S/C21H18N2O5S/c24-21(22-25)14-19-18-11-4-5-12-20(18)29(26,27)23(19)15-7-6-10-17(13-15)28-16-8-2-1-3-9-16/h1-13,19,25H,14H2,(H,22,24). The molecule has 3 aromatic carbocycles. The molecule has 0 aliphatic carbocycles. The first-order chi connectivity index (χ1) is 14.0. The number of fused-ring (bicyclic) bond motifs is 1. The monoisotopic (exact) mass is 410 g/mol. The van der Waals surface area contributed by atoms with E-state index in [0.717, 1.165) is 0 Å². The number of nitrogens with zero attached hydrogens (tertiary/aromatic N) is 1. The maximum atomic E-state index is 13.2. The summed E-state index contributed by atoms with van der Waals surface area (Å²) < 4.78 is 33.5. The van der Waals surface area contributed by atoms with Crippen molar-refractivity contribution >= 4 is 21.6 Å². The van der Waals surface area contributed by atoms with Crippen molar-refractivity contribution in [2.45, 2.75) is 17.4 Å². The van der Waals surface area contributed by atoms with Crippen molar-refractivity contribution in [1.29, 1.82) is 0 Å². The zero-order valence-electron chi connectivity index (χ0n) is 15.2. The highest BCUT2D eigenvalue weighted by Gasteiger charge is 2.43. The van der Waals surface area contributed by atoms with Crippen molar-refractivity contribution in [2.75, 3.05) is 4.31 Å². The van der Waals surface area contributed by atoms with Crippen molar-refractivity contribution in [1.82, 2.24) is 5.48 Å². The minimum absolute atomic E-state index is 0.144. The lowest BCUT2D eigenvalue weighted by Gasteiger charge is -2.25. The Bertz CT molecular complexity index is 1150. The molecule has 4 rings (SSSR count). The summed E-state index contributed by atoms with van der Waals surface area (Å²) in [6, 6.07) is 21.6. The van der Waals surface area contributed by atoms with Crippen molar-refractivity contribution in [3.63, 3.8) is 0 Å². The summed E-state index contributed by atoms with van der Waals surface area (Å²) in [4.78, 5) is 12.0. The summed E-state index contributed by atoms with van der Waals surface area (Å²) >= 11 is 0. The first-order valence-electron chi connectivity index (χ1n) is 8.90. The third kappa shape index (κ3) is 3.55. The highest BCUT2D eigenvalue weighted by molar-refractivity contribution is 7.93. The number of hydroxylamine groups is 1. The number of nitrogens with one attached hydrogen (secondary N) is 1. The van der Waals surface area contributed by atoms with E-state index in [0.29, 0.717) is 22.7 Å². The second-order valence-electron chi connectivity index (χ2n) is 6.51. The predicted molar refractivity (Wildman–Crippen MR) is 106 cm³/mol. The number of carbonyl (C=O) groups excluding carboxylic acids is 1. The smallest absolute Gasteiger partial charge is 0.265 e. The molecule has 1 unspecified atom stereocenters. The Morgan fingerprint density at radius 2 is 1.66 bits per heavy atom. The lowest BCUT2D eigenvalue weighted by Crippen LogP contribution is -2.32. The molecule has 29 heavy (non-hydrogen) atoms. The quantitative estimate of drug-likeness (QED) is 0.495. The van der Waals surface area contributed by atoms with Crippen molar-refractivity contribution < 1.29 is 23.2 Å². The Morgan fingerprint density at radius 3 is 2.41 bits per heavy atom. The fourth-order valence-corrected chi connectivity index (χ4v) is 5.31. The number of rotatable bonds is 5. The molecule has 0 saturated carbocycles. The van der Waals surface area contributed by atoms with Crippen LogP contribution in [0.25, 0.3) is 0 Å². The second kappa shape index (κ2) is 7.57. The van der Waals surface area contributed by atoms with Crippen LogP contribution in [0.15, 0.2) is 83.8 Å². The normalized spacial score (nSPS) is 16.9. The van der Waals surface area contributed by atoms with Crippen LogP contribution < -0.4 is 14.5 Å². The molecule has 0 saturated heterocycles. The molecule has 1 aliphatic heterocycles. The van der Waals surface area contributed by atoms with E-state index in [1.807, 2.05) is 18.2 Å². The average Bonchev–Trinajstić information content (AvgIpc) is 2.96. The van der Waals surface area contributed by atoms with Crippen LogP contribution in [0.1, 0.15) is 18.0 Å². The first-order valence-corrected chi connectivity index (χ1v) is 10.3. The van der Waals surface area contributed by atoms with Gasteiger partial charge in [-0.2, -0.15) is 0 Å². The van der Waals surface area contributed by atoms with Gasteiger partial charge < -0.3 is 4.74 Å². The molecular formula is C21H18N2O5S. The molecule has 7 nitrogen and oxygen atoms in total. The van der Waals surface area contributed by atoms with Crippen LogP contribution in [0.4, 0.5) is 5.69 Å². The zero-order valence-corrected chi connectivity index (χ0v) is 16.0. The maximum Gasteiger partial charge on any atom is 0.265 e. The molecule has 3 aromatic rings. The summed E-state index contributed by atoms with van der Waals surface area (Å²) in [7, 11) is -3.88. The SMILES string of the molecule is O=C(CC1c2ccccc2S(=O)(=O)N1c1cccc(Oc2ccccc2)c1)NO. The van der Waals surface area contributed by atoms with Gasteiger partial charge in [-0.25, -0.2) is 13.9 Å². The molecule has 0 spiro atoms. The highest BCUT2D eigenvalue weighted by Crippen LogP contribution is 2.45. The Balaban J connectivity index is 1.76. The van der Waals surface area contributed by atoms with Crippen LogP contribution in [0.5, 0.6) is 11.5 Å². The number of benzene rings is 3. The lowest BCUT2D eigenvalue weighted by atomic mass is 10.0. The van der Waals surface area contributed by atoms with Gasteiger partial charge in [0.05, 0.1) is 23.0 Å². The molecule has 148 valence electrons. The third-order valence-electron chi connectivity index (χ3n) is 4.65. The van der Waals surface area contributed by atoms with Gasteiger partial charge in [0.1, 0.15) is 11.5 Å². The number of anilines is 1. The molecule has 0 aromatic heterocycles. The fraction of sp³-hybridized carbons (Fsp3) is 0.0952. The molecule has 8 heteroatoms. The van der Waals surface area contributed by atoms with Gasteiger partial charge in [-0.3, -0.25) is 14.3 Å². The lowest BCUT2D eigenvalue weighted by molar-refractivity contribution is -0.129. The van der Waals surface area contributed by atoms with E-state index in [-0.39, 0.29) is 11.3 Å². The maximum absolute atomic E-state index is 13.2. The minimum atomic E-state index is -3.88. The number of amides is 1. The van der Waals surface area contributed by atoms with Gasteiger partial charge in [0.15, 0.2) is 0 Å². The van der Waals surface area contributed by atoms with Gasteiger partial charge in [-0.1, -0.05) is 42.5 Å². The molecule has 0 bridgehead atoms. The molecular weight excluding hydrogens is 392 g/mol. The number of hydrogen-bond donors (Lipinski definition) is 2. The van der Waals surface area contributed by atoms with E-state index >= 15 is 0 Å². The Morgan fingerprint density at radius 1 is 0.966 bits per heavy atom. The van der Waals surface area contributed by atoms with Crippen LogP contribution in [0, 0.1) is 0 Å². The zero-order chi connectivity index (χ0) is 20.4. The van der Waals surface area contributed by atoms with Crippen LogP contribution in [-0.4, -0.2) is 19.5 Å². The number of carbonyl (C=O) groups is 1. The number of hydrogen-bond acceptors (Lipinski definition) is 5. The van der Waals surface area contributed by atoms with Crippen LogP contribution in [0.3, 0.4) is 0 Å². The second-order valence-corrected chi connectivity index (χ2v) is 8.29. The van der Waals surface area contributed by atoms with Crippen LogP contribution in [-0.2, 0) is 14.8 Å². The number of ether oxygens (including phenoxy) is 1. The van der Waals surface area contributed by atoms with Gasteiger partial charge >= 0.3 is 0 Å². The average molecular weight is 410 g/mol. The van der Waals surface area contributed by atoms with Crippen molar-refractivity contribution in [3.05, 3.63) is 84.4 Å². The van der Waals surface area contributed by atoms with Gasteiger partial charge in [0.2, 0.25) is 5.91 Å². The minimum Gasteiger partial charge on any atom is -0.457 e. The van der Waals surface area contributed by atoms with E-state index in [2.05, 4.69) is 0 Å². The van der Waals surface area contributed by atoms with E-state index < -0.39 is 22.0 Å². The van der Waals surface area contributed by atoms with E-state index in [1.54, 1.807) is 60.1 Å². The molecule has 1 aliphatic rings. The van der Waals surface area contributed by atoms with Crippen molar-refractivity contribution in [3.8, 4) is 11.5 Å². The van der Waals surface area contributed by atoms with Gasteiger partial charge in [-0.15, -0.1) is 0 Å².